The van der Waals surface area contributed by atoms with Gasteiger partial charge in [-0.15, -0.1) is 0 Å². The summed E-state index contributed by atoms with van der Waals surface area (Å²) >= 11 is 13.8. The number of carbonyl (C=O) groups is 1. The van der Waals surface area contributed by atoms with E-state index in [4.69, 9.17) is 28.2 Å². The zero-order chi connectivity index (χ0) is 17.9. The monoisotopic (exact) mass is 385 g/mol. The van der Waals surface area contributed by atoms with E-state index in [1.54, 1.807) is 17.8 Å². The van der Waals surface area contributed by atoms with Gasteiger partial charge in [0.2, 0.25) is 5.91 Å². The Balaban J connectivity index is 2.43. The first kappa shape index (κ1) is 19.2. The average Bonchev–Trinajstić information content (AvgIpc) is 2.81. The van der Waals surface area contributed by atoms with Crippen LogP contribution in [0.3, 0.4) is 0 Å². The van der Waals surface area contributed by atoms with E-state index >= 15 is 0 Å². The van der Waals surface area contributed by atoms with Crippen molar-refractivity contribution in [2.24, 2.45) is 0 Å². The van der Waals surface area contributed by atoms with Crippen molar-refractivity contribution < 1.29 is 4.79 Å². The highest BCUT2D eigenvalue weighted by Crippen LogP contribution is 2.37. The second kappa shape index (κ2) is 8.28. The van der Waals surface area contributed by atoms with Crippen LogP contribution in [-0.4, -0.2) is 15.5 Å². The molecule has 0 fully saturated rings. The van der Waals surface area contributed by atoms with Crippen molar-refractivity contribution in [1.29, 1.82) is 0 Å². The van der Waals surface area contributed by atoms with Gasteiger partial charge in [-0.1, -0.05) is 48.8 Å². The number of hydrogen-bond donors (Lipinski definition) is 1. The number of benzene rings is 1. The summed E-state index contributed by atoms with van der Waals surface area (Å²) in [4.78, 5) is 16.9. The maximum Gasteiger partial charge on any atom is 0.217 e. The molecule has 24 heavy (non-hydrogen) atoms. The molecule has 0 unspecified atom stereocenters. The molecule has 1 N–H and O–H groups in total. The summed E-state index contributed by atoms with van der Waals surface area (Å²) < 4.78 is 2.13. The van der Waals surface area contributed by atoms with Crippen LogP contribution >= 0.6 is 35.0 Å². The number of halogens is 2. The van der Waals surface area contributed by atoms with E-state index in [1.165, 1.54) is 6.92 Å². The van der Waals surface area contributed by atoms with Crippen LogP contribution in [0.25, 0.3) is 0 Å². The number of amides is 1. The van der Waals surface area contributed by atoms with Crippen LogP contribution in [0.15, 0.2) is 28.1 Å². The molecule has 4 nitrogen and oxygen atoms in total. The highest BCUT2D eigenvalue weighted by Gasteiger charge is 2.20. The van der Waals surface area contributed by atoms with Gasteiger partial charge in [-0.3, -0.25) is 4.79 Å². The first-order chi connectivity index (χ1) is 11.3. The molecule has 0 saturated heterocycles. The van der Waals surface area contributed by atoms with Gasteiger partial charge in [0.25, 0.3) is 0 Å². The Labute approximate surface area is 156 Å². The van der Waals surface area contributed by atoms with Crippen molar-refractivity contribution in [2.75, 3.05) is 0 Å². The summed E-state index contributed by atoms with van der Waals surface area (Å²) in [5, 5.41) is 5.10. The number of aromatic nitrogens is 2. The summed E-state index contributed by atoms with van der Waals surface area (Å²) in [6, 6.07) is 5.50. The highest BCUT2D eigenvalue weighted by atomic mass is 35.5. The smallest absolute Gasteiger partial charge is 0.217 e. The second-order valence-corrected chi connectivity index (χ2v) is 7.67. The van der Waals surface area contributed by atoms with E-state index in [2.05, 4.69) is 30.7 Å². The van der Waals surface area contributed by atoms with Gasteiger partial charge in [-0.2, -0.15) is 0 Å². The summed E-state index contributed by atoms with van der Waals surface area (Å²) in [6.07, 6.45) is 0. The molecule has 0 bridgehead atoms. The molecule has 7 heteroatoms. The van der Waals surface area contributed by atoms with Gasteiger partial charge >= 0.3 is 0 Å². The number of carbonyl (C=O) groups excluding carboxylic acids is 1. The molecule has 1 amide bonds. The van der Waals surface area contributed by atoms with E-state index in [0.29, 0.717) is 16.6 Å². The quantitative estimate of drug-likeness (QED) is 0.750. The van der Waals surface area contributed by atoms with Crippen molar-refractivity contribution in [2.45, 2.75) is 56.6 Å². The lowest BCUT2D eigenvalue weighted by atomic mass is 10.1. The zero-order valence-electron chi connectivity index (χ0n) is 14.2. The molecule has 2 aromatic rings. The Morgan fingerprint density at radius 3 is 2.42 bits per heavy atom. The molecular formula is C17H21Cl2N3OS. The van der Waals surface area contributed by atoms with Crippen LogP contribution in [0.1, 0.15) is 45.1 Å². The Morgan fingerprint density at radius 2 is 1.92 bits per heavy atom. The van der Waals surface area contributed by atoms with Gasteiger partial charge in [-0.05, 0) is 31.0 Å². The Hall–Kier alpha value is -1.17. The molecule has 0 atom stereocenters. The molecule has 1 aromatic carbocycles. The van der Waals surface area contributed by atoms with Gasteiger partial charge in [0.15, 0.2) is 0 Å². The molecule has 0 aliphatic heterocycles. The number of hydrogen-bond acceptors (Lipinski definition) is 3. The first-order valence-electron chi connectivity index (χ1n) is 7.79. The minimum Gasteiger partial charge on any atom is -0.349 e. The van der Waals surface area contributed by atoms with Gasteiger partial charge < -0.3 is 9.88 Å². The molecule has 130 valence electrons. The van der Waals surface area contributed by atoms with E-state index in [-0.39, 0.29) is 11.8 Å². The van der Waals surface area contributed by atoms with Crippen LogP contribution in [0, 0.1) is 0 Å². The third-order valence-electron chi connectivity index (χ3n) is 3.43. The van der Waals surface area contributed by atoms with Crippen molar-refractivity contribution in [3.05, 3.63) is 39.8 Å². The Morgan fingerprint density at radius 1 is 1.29 bits per heavy atom. The fraction of sp³-hybridized carbons (Fsp3) is 0.412. The number of imidazole rings is 1. The molecule has 1 aromatic heterocycles. The molecular weight excluding hydrogens is 365 g/mol. The molecule has 0 aliphatic rings. The normalized spacial score (nSPS) is 11.1. The van der Waals surface area contributed by atoms with E-state index in [9.17, 15) is 4.79 Å². The predicted molar refractivity (Wildman–Crippen MR) is 100 cm³/mol. The summed E-state index contributed by atoms with van der Waals surface area (Å²) in [5.41, 5.74) is 1.01. The SMILES string of the molecule is CCn1c(CNC(C)=O)nc(C(C)C)c1Sc1cc(Cl)cc(Cl)c1. The standard InChI is InChI=1S/C17H21Cl2N3OS/c1-5-22-15(9-20-11(4)23)21-16(10(2)3)17(22)24-14-7-12(18)6-13(19)8-14/h6-8,10H,5,9H2,1-4H3,(H,20,23). The Kier molecular flexibility index (Phi) is 6.61. The Bertz CT molecular complexity index is 723. The molecule has 1 heterocycles. The third-order valence-corrected chi connectivity index (χ3v) is 4.97. The molecule has 0 saturated carbocycles. The van der Waals surface area contributed by atoms with Gasteiger partial charge in [0, 0.05) is 28.4 Å². The maximum absolute atomic E-state index is 11.2. The van der Waals surface area contributed by atoms with E-state index < -0.39 is 0 Å². The van der Waals surface area contributed by atoms with Crippen LogP contribution in [0.4, 0.5) is 0 Å². The second-order valence-electron chi connectivity index (χ2n) is 5.73. The predicted octanol–water partition coefficient (Wildman–Crippen LogP) is 5.12. The summed E-state index contributed by atoms with van der Waals surface area (Å²) in [5.74, 6) is 1.06. The van der Waals surface area contributed by atoms with Crippen molar-refractivity contribution >= 4 is 40.9 Å². The lowest BCUT2D eigenvalue weighted by molar-refractivity contribution is -0.119. The van der Waals surface area contributed by atoms with Crippen LogP contribution in [0.5, 0.6) is 0 Å². The van der Waals surface area contributed by atoms with Crippen molar-refractivity contribution in [1.82, 2.24) is 14.9 Å². The lowest BCUT2D eigenvalue weighted by Crippen LogP contribution is -2.21. The minimum absolute atomic E-state index is 0.0671. The van der Waals surface area contributed by atoms with Crippen LogP contribution in [-0.2, 0) is 17.9 Å². The van der Waals surface area contributed by atoms with Crippen LogP contribution < -0.4 is 5.32 Å². The number of nitrogens with zero attached hydrogens (tertiary/aromatic N) is 2. The van der Waals surface area contributed by atoms with Gasteiger partial charge in [0.05, 0.1) is 12.2 Å². The van der Waals surface area contributed by atoms with Crippen LogP contribution in [0.2, 0.25) is 10.0 Å². The molecule has 2 rings (SSSR count). The fourth-order valence-electron chi connectivity index (χ4n) is 2.35. The van der Waals surface area contributed by atoms with Crippen molar-refractivity contribution in [3.8, 4) is 0 Å². The largest absolute Gasteiger partial charge is 0.349 e. The van der Waals surface area contributed by atoms with Crippen molar-refractivity contribution in [3.63, 3.8) is 0 Å². The van der Waals surface area contributed by atoms with E-state index in [0.717, 1.165) is 28.0 Å². The van der Waals surface area contributed by atoms with Gasteiger partial charge in [-0.25, -0.2) is 4.98 Å². The minimum atomic E-state index is -0.0671. The average molecular weight is 386 g/mol. The number of nitrogens with one attached hydrogen (secondary N) is 1. The maximum atomic E-state index is 11.2. The summed E-state index contributed by atoms with van der Waals surface area (Å²) in [6.45, 7) is 8.98. The molecule has 0 aliphatic carbocycles. The summed E-state index contributed by atoms with van der Waals surface area (Å²) in [7, 11) is 0. The molecule has 0 radical (unpaired) electrons. The fourth-order valence-corrected chi connectivity index (χ4v) is 4.33. The lowest BCUT2D eigenvalue weighted by Gasteiger charge is -2.12. The number of rotatable bonds is 6. The van der Waals surface area contributed by atoms with E-state index in [1.807, 2.05) is 12.1 Å². The van der Waals surface area contributed by atoms with Gasteiger partial charge in [0.1, 0.15) is 10.9 Å². The highest BCUT2D eigenvalue weighted by molar-refractivity contribution is 7.99. The third kappa shape index (κ3) is 4.68. The first-order valence-corrected chi connectivity index (χ1v) is 9.36. The topological polar surface area (TPSA) is 46.9 Å². The molecule has 0 spiro atoms. The zero-order valence-corrected chi connectivity index (χ0v) is 16.5.